The second-order valence-corrected chi connectivity index (χ2v) is 6.60. The number of benzene rings is 1. The van der Waals surface area contributed by atoms with Crippen LogP contribution in [-0.2, 0) is 11.2 Å². The summed E-state index contributed by atoms with van der Waals surface area (Å²) >= 11 is 0. The molecule has 0 amide bonds. The van der Waals surface area contributed by atoms with Crippen molar-refractivity contribution in [1.82, 2.24) is 4.57 Å². The zero-order valence-electron chi connectivity index (χ0n) is 14.9. The van der Waals surface area contributed by atoms with Gasteiger partial charge in [0.2, 0.25) is 0 Å². The summed E-state index contributed by atoms with van der Waals surface area (Å²) < 4.78 is 7.79. The van der Waals surface area contributed by atoms with Crippen LogP contribution in [0.4, 0.5) is 0 Å². The predicted molar refractivity (Wildman–Crippen MR) is 95.1 cm³/mol. The first kappa shape index (κ1) is 18.0. The number of nitrogens with zero attached hydrogens (tertiary/aromatic N) is 1. The molecule has 2 aromatic rings. The van der Waals surface area contributed by atoms with Gasteiger partial charge in [0.15, 0.2) is 5.43 Å². The average Bonchev–Trinajstić information content (AvgIpc) is 2.46. The van der Waals surface area contributed by atoms with Crippen molar-refractivity contribution in [1.29, 1.82) is 0 Å². The lowest BCUT2D eigenvalue weighted by molar-refractivity contribution is -0.136. The monoisotopic (exact) mass is 331 g/mol. The van der Waals surface area contributed by atoms with E-state index in [-0.39, 0.29) is 30.4 Å². The first-order valence-electron chi connectivity index (χ1n) is 8.28. The number of carboxylic acids is 1. The summed E-state index contributed by atoms with van der Waals surface area (Å²) in [5.74, 6) is -0.250. The van der Waals surface area contributed by atoms with Gasteiger partial charge in [-0.2, -0.15) is 0 Å². The molecule has 1 N–H and O–H groups in total. The van der Waals surface area contributed by atoms with E-state index >= 15 is 0 Å². The Hall–Kier alpha value is -2.30. The van der Waals surface area contributed by atoms with E-state index in [1.165, 1.54) is 0 Å². The molecule has 1 aromatic heterocycles. The number of aliphatic carboxylic acids is 1. The summed E-state index contributed by atoms with van der Waals surface area (Å²) in [6.07, 6.45) is 0.200. The second-order valence-electron chi connectivity index (χ2n) is 6.60. The average molecular weight is 331 g/mol. The predicted octanol–water partition coefficient (Wildman–Crippen LogP) is 3.70. The fourth-order valence-electron chi connectivity index (χ4n) is 3.10. The van der Waals surface area contributed by atoms with Gasteiger partial charge in [0, 0.05) is 29.1 Å². The fraction of sp³-hybridized carbons (Fsp3) is 0.474. The molecule has 1 aromatic carbocycles. The van der Waals surface area contributed by atoms with Crippen molar-refractivity contribution in [2.75, 3.05) is 0 Å². The largest absolute Gasteiger partial charge is 0.491 e. The third-order valence-electron chi connectivity index (χ3n) is 4.02. The van der Waals surface area contributed by atoms with Crippen LogP contribution in [0, 0.1) is 6.92 Å². The van der Waals surface area contributed by atoms with Crippen molar-refractivity contribution in [3.8, 4) is 5.75 Å². The molecule has 130 valence electrons. The molecule has 0 radical (unpaired) electrons. The smallest absolute Gasteiger partial charge is 0.303 e. The lowest BCUT2D eigenvalue weighted by atomic mass is 10.0. The van der Waals surface area contributed by atoms with E-state index in [1.807, 2.05) is 32.9 Å². The molecule has 5 heteroatoms. The summed E-state index contributed by atoms with van der Waals surface area (Å²) in [7, 11) is 0. The van der Waals surface area contributed by atoms with E-state index in [1.54, 1.807) is 6.07 Å². The van der Waals surface area contributed by atoms with Crippen LogP contribution in [0.25, 0.3) is 10.9 Å². The van der Waals surface area contributed by atoms with E-state index in [0.29, 0.717) is 16.7 Å². The van der Waals surface area contributed by atoms with Crippen LogP contribution in [0.2, 0.25) is 0 Å². The fourth-order valence-corrected chi connectivity index (χ4v) is 3.10. The zero-order chi connectivity index (χ0) is 18.0. The van der Waals surface area contributed by atoms with Crippen LogP contribution >= 0.6 is 0 Å². The molecular formula is C19H25NO4. The Morgan fingerprint density at radius 2 is 1.92 bits per heavy atom. The minimum Gasteiger partial charge on any atom is -0.491 e. The maximum Gasteiger partial charge on any atom is 0.303 e. The number of hydrogen-bond donors (Lipinski definition) is 1. The summed E-state index contributed by atoms with van der Waals surface area (Å²) in [5.41, 5.74) is 2.15. The maximum absolute atomic E-state index is 12.9. The molecule has 0 spiro atoms. The topological polar surface area (TPSA) is 68.5 Å². The Labute approximate surface area is 141 Å². The van der Waals surface area contributed by atoms with Crippen LogP contribution in [0.3, 0.4) is 0 Å². The molecule has 0 aliphatic carbocycles. The molecule has 0 unspecified atom stereocenters. The van der Waals surface area contributed by atoms with Gasteiger partial charge in [-0.25, -0.2) is 0 Å². The lowest BCUT2D eigenvalue weighted by Crippen LogP contribution is -2.21. The lowest BCUT2D eigenvalue weighted by Gasteiger charge is -2.22. The van der Waals surface area contributed by atoms with Gasteiger partial charge < -0.3 is 14.4 Å². The minimum absolute atomic E-state index is 0.0201. The van der Waals surface area contributed by atoms with Crippen molar-refractivity contribution in [3.63, 3.8) is 0 Å². The highest BCUT2D eigenvalue weighted by atomic mass is 16.5. The first-order chi connectivity index (χ1) is 11.2. The van der Waals surface area contributed by atoms with Gasteiger partial charge in [0.1, 0.15) is 5.75 Å². The Balaban J connectivity index is 2.72. The van der Waals surface area contributed by atoms with Crippen molar-refractivity contribution in [2.45, 2.75) is 59.6 Å². The normalized spacial score (nSPS) is 11.5. The molecule has 24 heavy (non-hydrogen) atoms. The number of ether oxygens (including phenoxy) is 1. The summed E-state index contributed by atoms with van der Waals surface area (Å²) in [4.78, 5) is 23.8. The Bertz CT molecular complexity index is 818. The van der Waals surface area contributed by atoms with Crippen LogP contribution in [0.1, 0.15) is 51.4 Å². The Kier molecular flexibility index (Phi) is 5.32. The molecule has 0 fully saturated rings. The first-order valence-corrected chi connectivity index (χ1v) is 8.28. The minimum atomic E-state index is -0.901. The van der Waals surface area contributed by atoms with Crippen LogP contribution < -0.4 is 10.2 Å². The molecule has 0 atom stereocenters. The van der Waals surface area contributed by atoms with Gasteiger partial charge in [-0.05, 0) is 59.2 Å². The van der Waals surface area contributed by atoms with Gasteiger partial charge in [-0.15, -0.1) is 0 Å². The molecule has 0 aliphatic heterocycles. The van der Waals surface area contributed by atoms with Gasteiger partial charge in [-0.3, -0.25) is 9.59 Å². The highest BCUT2D eigenvalue weighted by Gasteiger charge is 2.17. The third-order valence-corrected chi connectivity index (χ3v) is 4.02. The number of carboxylic acid groups (broad SMARTS) is 1. The van der Waals surface area contributed by atoms with Crippen molar-refractivity contribution < 1.29 is 14.6 Å². The van der Waals surface area contributed by atoms with E-state index in [4.69, 9.17) is 9.84 Å². The van der Waals surface area contributed by atoms with E-state index in [9.17, 15) is 9.59 Å². The number of hydrogen-bond acceptors (Lipinski definition) is 3. The molecule has 5 nitrogen and oxygen atoms in total. The highest BCUT2D eigenvalue weighted by molar-refractivity contribution is 5.82. The maximum atomic E-state index is 12.9. The molecule has 0 bridgehead atoms. The summed E-state index contributed by atoms with van der Waals surface area (Å²) in [5, 5.41) is 9.54. The second kappa shape index (κ2) is 7.07. The van der Waals surface area contributed by atoms with Crippen molar-refractivity contribution in [2.24, 2.45) is 0 Å². The number of pyridine rings is 1. The molecular weight excluding hydrogens is 306 g/mol. The van der Waals surface area contributed by atoms with Gasteiger partial charge in [0.05, 0.1) is 11.6 Å². The third kappa shape index (κ3) is 3.61. The highest BCUT2D eigenvalue weighted by Crippen LogP contribution is 2.25. The summed E-state index contributed by atoms with van der Waals surface area (Å²) in [6, 6.07) is 5.70. The van der Waals surface area contributed by atoms with Crippen molar-refractivity contribution in [3.05, 3.63) is 39.7 Å². The van der Waals surface area contributed by atoms with Gasteiger partial charge in [0.25, 0.3) is 0 Å². The van der Waals surface area contributed by atoms with E-state index < -0.39 is 5.97 Å². The molecule has 2 rings (SSSR count). The zero-order valence-corrected chi connectivity index (χ0v) is 14.9. The number of aromatic nitrogens is 1. The SMILES string of the molecule is Cc1c(CCC(=O)O)c(=O)c2cc(OC(C)C)ccc2n1C(C)C. The number of fused-ring (bicyclic) bond motifs is 1. The number of carbonyl (C=O) groups is 1. The Morgan fingerprint density at radius 1 is 1.25 bits per heavy atom. The Morgan fingerprint density at radius 3 is 2.46 bits per heavy atom. The van der Waals surface area contributed by atoms with E-state index in [2.05, 4.69) is 18.4 Å². The summed E-state index contributed by atoms with van der Waals surface area (Å²) in [6.45, 7) is 9.86. The molecule has 0 saturated carbocycles. The molecule has 1 heterocycles. The molecule has 0 aliphatic rings. The van der Waals surface area contributed by atoms with Crippen molar-refractivity contribution >= 4 is 16.9 Å². The van der Waals surface area contributed by atoms with Gasteiger partial charge >= 0.3 is 5.97 Å². The standard InChI is InChI=1S/C19H25NO4/c1-11(2)20-13(5)15(7-9-18(21)22)19(23)16-10-14(24-12(3)4)6-8-17(16)20/h6,8,10-12H,7,9H2,1-5H3,(H,21,22). The van der Waals surface area contributed by atoms with E-state index in [0.717, 1.165) is 11.2 Å². The van der Waals surface area contributed by atoms with Crippen LogP contribution in [0.5, 0.6) is 5.75 Å². The molecule has 0 saturated heterocycles. The quantitative estimate of drug-likeness (QED) is 0.876. The van der Waals surface area contributed by atoms with Crippen LogP contribution in [-0.4, -0.2) is 21.7 Å². The van der Waals surface area contributed by atoms with Crippen LogP contribution in [0.15, 0.2) is 23.0 Å². The number of rotatable bonds is 6. The van der Waals surface area contributed by atoms with Gasteiger partial charge in [-0.1, -0.05) is 0 Å².